The van der Waals surface area contributed by atoms with Crippen molar-refractivity contribution in [1.82, 2.24) is 0 Å². The van der Waals surface area contributed by atoms with E-state index in [0.717, 1.165) is 11.8 Å². The van der Waals surface area contributed by atoms with Gasteiger partial charge < -0.3 is 5.73 Å². The molecule has 0 heterocycles. The molecule has 1 heteroatoms. The number of nitrogens with two attached hydrogens (primary N) is 1. The summed E-state index contributed by atoms with van der Waals surface area (Å²) in [4.78, 5) is 0. The second kappa shape index (κ2) is 2.54. The summed E-state index contributed by atoms with van der Waals surface area (Å²) in [6.45, 7) is 0. The first-order valence-corrected chi connectivity index (χ1v) is 4.62. The molecule has 0 amide bonds. The Morgan fingerprint density at radius 3 is 2.30 bits per heavy atom. The minimum Gasteiger partial charge on any atom is -0.328 e. The molecule has 0 radical (unpaired) electrons. The molecule has 2 fully saturated rings. The number of hydrogen-bond donors (Lipinski definition) is 1. The van der Waals surface area contributed by atoms with Crippen molar-refractivity contribution in [2.75, 3.05) is 0 Å². The first-order chi connectivity index (χ1) is 4.86. The highest BCUT2D eigenvalue weighted by Gasteiger charge is 2.33. The zero-order chi connectivity index (χ0) is 6.97. The summed E-state index contributed by atoms with van der Waals surface area (Å²) in [5.74, 6) is 2.11. The van der Waals surface area contributed by atoms with Gasteiger partial charge in [-0.05, 0) is 37.5 Å². The maximum atomic E-state index is 5.89. The maximum absolute atomic E-state index is 5.89. The highest BCUT2D eigenvalue weighted by Crippen LogP contribution is 2.43. The molecule has 2 aliphatic carbocycles. The number of hydrogen-bond acceptors (Lipinski definition) is 1. The van der Waals surface area contributed by atoms with Crippen LogP contribution in [-0.4, -0.2) is 6.04 Å². The lowest BCUT2D eigenvalue weighted by molar-refractivity contribution is 0.292. The fourth-order valence-electron chi connectivity index (χ4n) is 2.26. The Morgan fingerprint density at radius 2 is 1.70 bits per heavy atom. The number of rotatable bonds is 1. The quantitative estimate of drug-likeness (QED) is 0.590. The van der Waals surface area contributed by atoms with Gasteiger partial charge in [0.2, 0.25) is 0 Å². The smallest absolute Gasteiger partial charge is 0.00415 e. The summed E-state index contributed by atoms with van der Waals surface area (Å²) in [5.41, 5.74) is 5.89. The molecule has 0 bridgehead atoms. The predicted octanol–water partition coefficient (Wildman–Crippen LogP) is 1.91. The van der Waals surface area contributed by atoms with Crippen LogP contribution in [0.25, 0.3) is 0 Å². The van der Waals surface area contributed by atoms with Crippen LogP contribution in [-0.2, 0) is 0 Å². The summed E-state index contributed by atoms with van der Waals surface area (Å²) in [5, 5.41) is 0. The van der Waals surface area contributed by atoms with Gasteiger partial charge in [-0.15, -0.1) is 0 Å². The van der Waals surface area contributed by atoms with E-state index in [9.17, 15) is 0 Å². The van der Waals surface area contributed by atoms with Crippen molar-refractivity contribution < 1.29 is 0 Å². The SMILES string of the molecule is N[C@@H]1CCC[C@@H](C2CC2)C1. The second-order valence-corrected chi connectivity index (χ2v) is 4.02. The van der Waals surface area contributed by atoms with Gasteiger partial charge in [0.1, 0.15) is 0 Å². The van der Waals surface area contributed by atoms with Crippen LogP contribution in [0.2, 0.25) is 0 Å². The molecule has 2 atom stereocenters. The normalized spacial score (nSPS) is 41.7. The van der Waals surface area contributed by atoms with Gasteiger partial charge in [0.25, 0.3) is 0 Å². The lowest BCUT2D eigenvalue weighted by Crippen LogP contribution is -2.28. The third kappa shape index (κ3) is 1.34. The minimum atomic E-state index is 0.541. The Hall–Kier alpha value is -0.0400. The van der Waals surface area contributed by atoms with Gasteiger partial charge in [0.05, 0.1) is 0 Å². The molecule has 0 aromatic heterocycles. The van der Waals surface area contributed by atoms with Crippen molar-refractivity contribution in [3.05, 3.63) is 0 Å². The fourth-order valence-corrected chi connectivity index (χ4v) is 2.26. The van der Waals surface area contributed by atoms with Crippen LogP contribution in [0, 0.1) is 11.8 Å². The van der Waals surface area contributed by atoms with Gasteiger partial charge in [0, 0.05) is 6.04 Å². The van der Waals surface area contributed by atoms with E-state index >= 15 is 0 Å². The topological polar surface area (TPSA) is 26.0 Å². The fraction of sp³-hybridized carbons (Fsp3) is 1.00. The average molecular weight is 139 g/mol. The van der Waals surface area contributed by atoms with Crippen molar-refractivity contribution >= 4 is 0 Å². The Bertz CT molecular complexity index is 118. The summed E-state index contributed by atoms with van der Waals surface area (Å²) in [7, 11) is 0. The first-order valence-electron chi connectivity index (χ1n) is 4.62. The van der Waals surface area contributed by atoms with Crippen molar-refractivity contribution in [3.63, 3.8) is 0 Å². The van der Waals surface area contributed by atoms with Crippen LogP contribution in [0.5, 0.6) is 0 Å². The van der Waals surface area contributed by atoms with E-state index in [1.54, 1.807) is 0 Å². The van der Waals surface area contributed by atoms with Gasteiger partial charge in [-0.3, -0.25) is 0 Å². The molecule has 1 nitrogen and oxygen atoms in total. The van der Waals surface area contributed by atoms with Crippen LogP contribution in [0.4, 0.5) is 0 Å². The van der Waals surface area contributed by atoms with Crippen molar-refractivity contribution in [2.45, 2.75) is 44.6 Å². The Kier molecular flexibility index (Phi) is 1.69. The summed E-state index contributed by atoms with van der Waals surface area (Å²) in [6, 6.07) is 0.541. The molecule has 0 aliphatic heterocycles. The first kappa shape index (κ1) is 6.66. The Labute approximate surface area is 63.0 Å². The summed E-state index contributed by atoms with van der Waals surface area (Å²) < 4.78 is 0. The molecule has 10 heavy (non-hydrogen) atoms. The molecular weight excluding hydrogens is 122 g/mol. The van der Waals surface area contributed by atoms with Crippen LogP contribution >= 0.6 is 0 Å². The average Bonchev–Trinajstić information content (AvgIpc) is 2.68. The van der Waals surface area contributed by atoms with E-state index in [1.165, 1.54) is 38.5 Å². The monoisotopic (exact) mass is 139 g/mol. The van der Waals surface area contributed by atoms with E-state index in [-0.39, 0.29) is 0 Å². The summed E-state index contributed by atoms with van der Waals surface area (Å²) >= 11 is 0. The molecule has 0 spiro atoms. The van der Waals surface area contributed by atoms with Crippen molar-refractivity contribution in [2.24, 2.45) is 17.6 Å². The maximum Gasteiger partial charge on any atom is 0.00415 e. The largest absolute Gasteiger partial charge is 0.328 e. The Balaban J connectivity index is 1.84. The van der Waals surface area contributed by atoms with E-state index < -0.39 is 0 Å². The van der Waals surface area contributed by atoms with Gasteiger partial charge >= 0.3 is 0 Å². The third-order valence-corrected chi connectivity index (χ3v) is 3.04. The molecule has 2 saturated carbocycles. The van der Waals surface area contributed by atoms with E-state index in [1.807, 2.05) is 0 Å². The standard InChI is InChI=1S/C9H17N/c10-9-3-1-2-8(6-9)7-4-5-7/h7-9H,1-6,10H2/t8-,9-/m1/s1. The molecule has 0 aromatic carbocycles. The van der Waals surface area contributed by atoms with Crippen LogP contribution < -0.4 is 5.73 Å². The lowest BCUT2D eigenvalue weighted by atomic mass is 9.83. The van der Waals surface area contributed by atoms with E-state index in [2.05, 4.69) is 0 Å². The van der Waals surface area contributed by atoms with Gasteiger partial charge in [-0.1, -0.05) is 12.8 Å². The molecule has 0 unspecified atom stereocenters. The zero-order valence-corrected chi connectivity index (χ0v) is 6.55. The summed E-state index contributed by atoms with van der Waals surface area (Å²) in [6.07, 6.45) is 8.46. The highest BCUT2D eigenvalue weighted by molar-refractivity contribution is 4.86. The molecule has 2 N–H and O–H groups in total. The molecule has 0 aromatic rings. The van der Waals surface area contributed by atoms with Crippen molar-refractivity contribution in [3.8, 4) is 0 Å². The van der Waals surface area contributed by atoms with Gasteiger partial charge in [-0.25, -0.2) is 0 Å². The van der Waals surface area contributed by atoms with Crippen LogP contribution in [0.15, 0.2) is 0 Å². The molecule has 0 saturated heterocycles. The highest BCUT2D eigenvalue weighted by atomic mass is 14.6. The van der Waals surface area contributed by atoms with Gasteiger partial charge in [-0.2, -0.15) is 0 Å². The molecule has 58 valence electrons. The predicted molar refractivity (Wildman–Crippen MR) is 42.7 cm³/mol. The minimum absolute atomic E-state index is 0.541. The van der Waals surface area contributed by atoms with E-state index in [0.29, 0.717) is 6.04 Å². The van der Waals surface area contributed by atoms with E-state index in [4.69, 9.17) is 5.73 Å². The third-order valence-electron chi connectivity index (χ3n) is 3.04. The Morgan fingerprint density at radius 1 is 0.900 bits per heavy atom. The molecule has 2 aliphatic rings. The van der Waals surface area contributed by atoms with Crippen LogP contribution in [0.1, 0.15) is 38.5 Å². The molecular formula is C9H17N. The van der Waals surface area contributed by atoms with Gasteiger partial charge in [0.15, 0.2) is 0 Å². The lowest BCUT2D eigenvalue weighted by Gasteiger charge is -2.26. The second-order valence-electron chi connectivity index (χ2n) is 4.02. The van der Waals surface area contributed by atoms with Crippen molar-refractivity contribution in [1.29, 1.82) is 0 Å². The van der Waals surface area contributed by atoms with Crippen LogP contribution in [0.3, 0.4) is 0 Å². The molecule has 2 rings (SSSR count). The zero-order valence-electron chi connectivity index (χ0n) is 6.55.